The van der Waals surface area contributed by atoms with E-state index in [-0.39, 0.29) is 16.5 Å². The molecule has 260 valence electrons. The van der Waals surface area contributed by atoms with E-state index in [1.54, 1.807) is 72.8 Å². The fourth-order valence-electron chi connectivity index (χ4n) is 4.85. The van der Waals surface area contributed by atoms with E-state index < -0.39 is 27.1 Å². The van der Waals surface area contributed by atoms with Crippen LogP contribution < -0.4 is 30.6 Å². The molecule has 5 N–H and O–H groups in total. The maximum Gasteiger partial charge on any atom is 0.272 e. The van der Waals surface area contributed by atoms with Crippen LogP contribution in [0.5, 0.6) is 11.5 Å². The normalized spacial score (nSPS) is 11.9. The molecule has 13 heteroatoms. The second-order valence-electron chi connectivity index (χ2n) is 10.9. The molecule has 5 aromatic carbocycles. The van der Waals surface area contributed by atoms with Crippen molar-refractivity contribution >= 4 is 57.0 Å². The Bertz CT molecular complexity index is 2160. The molecular weight excluding hydrogens is 689 g/mol. The number of methoxy groups -OCH3 is 2. The van der Waals surface area contributed by atoms with E-state index in [0.717, 1.165) is 5.56 Å². The lowest BCUT2D eigenvalue weighted by Gasteiger charge is -2.18. The number of thioether (sulfide) groups is 1. The Morgan fingerprint density at radius 3 is 2.08 bits per heavy atom. The van der Waals surface area contributed by atoms with Gasteiger partial charge in [0.25, 0.3) is 11.8 Å². The molecular formula is C38H34N4O7S2. The third-order valence-electron chi connectivity index (χ3n) is 7.41. The molecule has 0 heterocycles. The number of hydrogen-bond donors (Lipinski definition) is 4. The highest BCUT2D eigenvalue weighted by Crippen LogP contribution is 2.37. The van der Waals surface area contributed by atoms with Gasteiger partial charge in [0.1, 0.15) is 22.4 Å². The van der Waals surface area contributed by atoms with Crippen molar-refractivity contribution in [3.05, 3.63) is 150 Å². The Morgan fingerprint density at radius 2 is 1.43 bits per heavy atom. The Labute approximate surface area is 299 Å². The molecule has 1 atom stereocenters. The number of rotatable bonds is 13. The summed E-state index contributed by atoms with van der Waals surface area (Å²) in [6.07, 6.45) is 1.51. The average molecular weight is 723 g/mol. The zero-order valence-corrected chi connectivity index (χ0v) is 29.2. The molecule has 0 saturated heterocycles. The first-order valence-electron chi connectivity index (χ1n) is 15.4. The minimum Gasteiger partial charge on any atom is -0.497 e. The zero-order chi connectivity index (χ0) is 36.4. The van der Waals surface area contributed by atoms with E-state index in [9.17, 15) is 22.8 Å². The Hall–Kier alpha value is -5.89. The average Bonchev–Trinajstić information content (AvgIpc) is 3.14. The number of benzene rings is 5. The van der Waals surface area contributed by atoms with Crippen molar-refractivity contribution in [3.8, 4) is 11.5 Å². The molecule has 0 aliphatic carbocycles. The minimum atomic E-state index is -3.89. The number of hydrogen-bond acceptors (Lipinski definition) is 8. The summed E-state index contributed by atoms with van der Waals surface area (Å²) >= 11 is 1.25. The summed E-state index contributed by atoms with van der Waals surface area (Å²) in [6.45, 7) is 0. The summed E-state index contributed by atoms with van der Waals surface area (Å²) in [5.74, 6) is -0.451. The standard InChI is InChI=1S/C38H34N4O7S2/c1-48-30-19-16-27(34(24-30)49-2)22-33(42-36(43)26-12-7-4-8-13-26)37(44)41-29-14-9-15-31(23-29)50-35(25-10-5-3-6-11-25)38(45)40-28-17-20-32(21-18-28)51(39,46)47/h3-24,35H,1-2H3,(H,40,45)(H,41,44)(H,42,43)(H2,39,46,47)/b33-22+. The van der Waals surface area contributed by atoms with Gasteiger partial charge in [-0.05, 0) is 78.4 Å². The zero-order valence-electron chi connectivity index (χ0n) is 27.5. The van der Waals surface area contributed by atoms with Crippen LogP contribution >= 0.6 is 11.8 Å². The second kappa shape index (κ2) is 16.7. The highest BCUT2D eigenvalue weighted by atomic mass is 32.2. The monoisotopic (exact) mass is 722 g/mol. The molecule has 51 heavy (non-hydrogen) atoms. The second-order valence-corrected chi connectivity index (χ2v) is 13.7. The molecule has 11 nitrogen and oxygen atoms in total. The van der Waals surface area contributed by atoms with Gasteiger partial charge in [0.2, 0.25) is 15.9 Å². The summed E-state index contributed by atoms with van der Waals surface area (Å²) in [6, 6.07) is 35.2. The van der Waals surface area contributed by atoms with Crippen molar-refractivity contribution < 1.29 is 32.3 Å². The molecule has 0 fully saturated rings. The van der Waals surface area contributed by atoms with Crippen LogP contribution in [-0.4, -0.2) is 40.4 Å². The predicted molar refractivity (Wildman–Crippen MR) is 198 cm³/mol. The lowest BCUT2D eigenvalue weighted by molar-refractivity contribution is -0.116. The van der Waals surface area contributed by atoms with Gasteiger partial charge in [-0.1, -0.05) is 54.6 Å². The Morgan fingerprint density at radius 1 is 0.745 bits per heavy atom. The largest absolute Gasteiger partial charge is 0.497 e. The van der Waals surface area contributed by atoms with Crippen molar-refractivity contribution in [2.45, 2.75) is 15.0 Å². The van der Waals surface area contributed by atoms with Gasteiger partial charge >= 0.3 is 0 Å². The predicted octanol–water partition coefficient (Wildman–Crippen LogP) is 6.23. The first kappa shape index (κ1) is 36.4. The molecule has 5 aromatic rings. The van der Waals surface area contributed by atoms with E-state index in [4.69, 9.17) is 14.6 Å². The first-order chi connectivity index (χ1) is 24.5. The number of ether oxygens (including phenoxy) is 2. The van der Waals surface area contributed by atoms with Crippen molar-refractivity contribution in [3.63, 3.8) is 0 Å². The van der Waals surface area contributed by atoms with Gasteiger partial charge in [-0.3, -0.25) is 14.4 Å². The number of amides is 3. The fourth-order valence-corrected chi connectivity index (χ4v) is 6.45. The van der Waals surface area contributed by atoms with Gasteiger partial charge < -0.3 is 25.4 Å². The molecule has 0 aliphatic rings. The van der Waals surface area contributed by atoms with Gasteiger partial charge in [0.05, 0.1) is 19.1 Å². The summed E-state index contributed by atoms with van der Waals surface area (Å²) in [7, 11) is -0.868. The van der Waals surface area contributed by atoms with Crippen LogP contribution in [0.3, 0.4) is 0 Å². The minimum absolute atomic E-state index is 0.0413. The number of carbonyl (C=O) groups excluding carboxylic acids is 3. The van der Waals surface area contributed by atoms with Gasteiger partial charge in [0, 0.05) is 33.5 Å². The van der Waals surface area contributed by atoms with E-state index >= 15 is 0 Å². The highest BCUT2D eigenvalue weighted by Gasteiger charge is 2.23. The molecule has 0 saturated carbocycles. The molecule has 0 spiro atoms. The third-order valence-corrected chi connectivity index (χ3v) is 9.58. The summed E-state index contributed by atoms with van der Waals surface area (Å²) < 4.78 is 34.1. The summed E-state index contributed by atoms with van der Waals surface area (Å²) in [5, 5.41) is 12.9. The number of primary sulfonamides is 1. The van der Waals surface area contributed by atoms with E-state index in [1.165, 1.54) is 56.3 Å². The van der Waals surface area contributed by atoms with Crippen molar-refractivity contribution in [2.75, 3.05) is 24.9 Å². The topological polar surface area (TPSA) is 166 Å². The van der Waals surface area contributed by atoms with Gasteiger partial charge in [-0.15, -0.1) is 11.8 Å². The Balaban J connectivity index is 1.40. The smallest absolute Gasteiger partial charge is 0.272 e. The maximum atomic E-state index is 13.8. The quantitative estimate of drug-likeness (QED) is 0.0820. The van der Waals surface area contributed by atoms with E-state index in [2.05, 4.69) is 16.0 Å². The van der Waals surface area contributed by atoms with Gasteiger partial charge in [0.15, 0.2) is 0 Å². The first-order valence-corrected chi connectivity index (χ1v) is 17.8. The fraction of sp³-hybridized carbons (Fsp3) is 0.0789. The Kier molecular flexibility index (Phi) is 11.9. The maximum absolute atomic E-state index is 13.8. The third kappa shape index (κ3) is 9.85. The number of anilines is 2. The molecule has 3 amide bonds. The van der Waals surface area contributed by atoms with Gasteiger partial charge in [-0.25, -0.2) is 13.6 Å². The van der Waals surface area contributed by atoms with Crippen LogP contribution in [0.4, 0.5) is 11.4 Å². The van der Waals surface area contributed by atoms with Crippen LogP contribution in [0.15, 0.2) is 143 Å². The molecule has 0 aliphatic heterocycles. The number of nitrogens with one attached hydrogen (secondary N) is 3. The van der Waals surface area contributed by atoms with Crippen LogP contribution in [0, 0.1) is 0 Å². The SMILES string of the molecule is COc1ccc(/C=C(/NC(=O)c2ccccc2)C(=O)Nc2cccc(SC(C(=O)Nc3ccc(S(N)(=O)=O)cc3)c3ccccc3)c2)c(OC)c1. The molecule has 0 radical (unpaired) electrons. The van der Waals surface area contributed by atoms with Crippen LogP contribution in [-0.2, 0) is 19.6 Å². The van der Waals surface area contributed by atoms with E-state index in [1.807, 2.05) is 30.3 Å². The van der Waals surface area contributed by atoms with Crippen molar-refractivity contribution in [1.29, 1.82) is 0 Å². The molecule has 0 bridgehead atoms. The number of carbonyl (C=O) groups is 3. The van der Waals surface area contributed by atoms with E-state index in [0.29, 0.717) is 38.9 Å². The van der Waals surface area contributed by atoms with Crippen molar-refractivity contribution in [2.24, 2.45) is 5.14 Å². The lowest BCUT2D eigenvalue weighted by atomic mass is 10.1. The van der Waals surface area contributed by atoms with Crippen LogP contribution in [0.1, 0.15) is 26.7 Å². The lowest BCUT2D eigenvalue weighted by Crippen LogP contribution is -2.30. The van der Waals surface area contributed by atoms with Gasteiger partial charge in [-0.2, -0.15) is 0 Å². The number of nitrogens with two attached hydrogens (primary N) is 1. The van der Waals surface area contributed by atoms with Crippen molar-refractivity contribution in [1.82, 2.24) is 5.32 Å². The van der Waals surface area contributed by atoms with Crippen LogP contribution in [0.25, 0.3) is 6.08 Å². The molecule has 5 rings (SSSR count). The molecule has 0 aromatic heterocycles. The summed E-state index contributed by atoms with van der Waals surface area (Å²) in [4.78, 5) is 41.2. The van der Waals surface area contributed by atoms with Crippen LogP contribution in [0.2, 0.25) is 0 Å². The summed E-state index contributed by atoms with van der Waals surface area (Å²) in [5.41, 5.74) is 2.37. The number of sulfonamides is 1. The highest BCUT2D eigenvalue weighted by molar-refractivity contribution is 8.00. The molecule has 1 unspecified atom stereocenters.